The molecule has 0 aliphatic rings. The number of esters is 1. The van der Waals surface area contributed by atoms with Crippen LogP contribution in [0.4, 0.5) is 0 Å². The summed E-state index contributed by atoms with van der Waals surface area (Å²) in [5.74, 6) is 0.505. The first-order valence-electron chi connectivity index (χ1n) is 6.93. The molecule has 0 rings (SSSR count). The van der Waals surface area contributed by atoms with Crippen molar-refractivity contribution in [1.29, 1.82) is 0 Å². The van der Waals surface area contributed by atoms with E-state index in [1.807, 2.05) is 0 Å². The number of ether oxygens (including phenoxy) is 1. The molecule has 0 amide bonds. The van der Waals surface area contributed by atoms with Crippen LogP contribution in [0.2, 0.25) is 0 Å². The molecule has 17 heavy (non-hydrogen) atoms. The second-order valence-electron chi connectivity index (χ2n) is 5.08. The summed E-state index contributed by atoms with van der Waals surface area (Å²) < 4.78 is 5.31. The first-order chi connectivity index (χ1) is 8.10. The summed E-state index contributed by atoms with van der Waals surface area (Å²) in [5, 5.41) is 0. The molecular formula is C15H28O2. The molecule has 0 radical (unpaired) electrons. The fourth-order valence-electron chi connectivity index (χ4n) is 1.90. The molecule has 0 fully saturated rings. The summed E-state index contributed by atoms with van der Waals surface area (Å²) in [6.07, 6.45) is 9.32. The standard InChI is InChI=1S/C15H28O2/c1-5-10-14(17-15(16)6-2)12-9-7-8-11-13(3)4/h6,13-14H,2,5,7-12H2,1,3-4H3. The zero-order valence-electron chi connectivity index (χ0n) is 11.7. The molecule has 0 saturated heterocycles. The van der Waals surface area contributed by atoms with Crippen molar-refractivity contribution in [3.05, 3.63) is 12.7 Å². The fourth-order valence-corrected chi connectivity index (χ4v) is 1.90. The van der Waals surface area contributed by atoms with E-state index in [0.29, 0.717) is 0 Å². The quantitative estimate of drug-likeness (QED) is 0.319. The van der Waals surface area contributed by atoms with Gasteiger partial charge in [-0.1, -0.05) is 53.0 Å². The molecule has 2 heteroatoms. The van der Waals surface area contributed by atoms with Gasteiger partial charge in [0.15, 0.2) is 0 Å². The van der Waals surface area contributed by atoms with Crippen molar-refractivity contribution in [1.82, 2.24) is 0 Å². The van der Waals surface area contributed by atoms with Crippen LogP contribution < -0.4 is 0 Å². The predicted molar refractivity (Wildman–Crippen MR) is 72.9 cm³/mol. The number of rotatable bonds is 10. The molecule has 0 aliphatic carbocycles. The van der Waals surface area contributed by atoms with E-state index in [9.17, 15) is 4.79 Å². The van der Waals surface area contributed by atoms with Gasteiger partial charge in [-0.3, -0.25) is 0 Å². The van der Waals surface area contributed by atoms with E-state index in [4.69, 9.17) is 4.74 Å². The van der Waals surface area contributed by atoms with Crippen molar-refractivity contribution in [3.8, 4) is 0 Å². The summed E-state index contributed by atoms with van der Waals surface area (Å²) in [4.78, 5) is 11.1. The minimum Gasteiger partial charge on any atom is -0.459 e. The highest BCUT2D eigenvalue weighted by Gasteiger charge is 2.11. The molecule has 0 bridgehead atoms. The van der Waals surface area contributed by atoms with Crippen molar-refractivity contribution in [2.24, 2.45) is 5.92 Å². The average Bonchev–Trinajstić information content (AvgIpc) is 2.28. The number of carbonyl (C=O) groups excluding carboxylic acids is 1. The summed E-state index contributed by atoms with van der Waals surface area (Å²) in [6.45, 7) is 10.1. The average molecular weight is 240 g/mol. The number of unbranched alkanes of at least 4 members (excludes halogenated alkanes) is 2. The largest absolute Gasteiger partial charge is 0.459 e. The van der Waals surface area contributed by atoms with Gasteiger partial charge in [-0.2, -0.15) is 0 Å². The molecule has 0 saturated carbocycles. The highest BCUT2D eigenvalue weighted by molar-refractivity contribution is 5.81. The monoisotopic (exact) mass is 240 g/mol. The van der Waals surface area contributed by atoms with Gasteiger partial charge in [0.05, 0.1) is 0 Å². The van der Waals surface area contributed by atoms with E-state index in [2.05, 4.69) is 27.4 Å². The Labute approximate surface area is 106 Å². The third-order valence-electron chi connectivity index (χ3n) is 2.87. The molecular weight excluding hydrogens is 212 g/mol. The number of hydrogen-bond donors (Lipinski definition) is 0. The first kappa shape index (κ1) is 16.2. The Kier molecular flexibility index (Phi) is 9.89. The molecule has 0 heterocycles. The smallest absolute Gasteiger partial charge is 0.330 e. The van der Waals surface area contributed by atoms with E-state index in [0.717, 1.165) is 31.6 Å². The molecule has 1 atom stereocenters. The van der Waals surface area contributed by atoms with Crippen LogP contribution in [0.1, 0.15) is 65.7 Å². The van der Waals surface area contributed by atoms with Gasteiger partial charge in [0.2, 0.25) is 0 Å². The fraction of sp³-hybridized carbons (Fsp3) is 0.800. The second kappa shape index (κ2) is 10.4. The Hall–Kier alpha value is -0.790. The Morgan fingerprint density at radius 3 is 2.35 bits per heavy atom. The first-order valence-corrected chi connectivity index (χ1v) is 6.93. The third kappa shape index (κ3) is 10.1. The molecule has 1 unspecified atom stereocenters. The normalized spacial score (nSPS) is 12.5. The molecule has 100 valence electrons. The summed E-state index contributed by atoms with van der Waals surface area (Å²) in [7, 11) is 0. The van der Waals surface area contributed by atoms with E-state index in [1.165, 1.54) is 25.3 Å². The molecule has 0 aromatic carbocycles. The van der Waals surface area contributed by atoms with Gasteiger partial charge in [0, 0.05) is 6.08 Å². The van der Waals surface area contributed by atoms with Crippen molar-refractivity contribution >= 4 is 5.97 Å². The highest BCUT2D eigenvalue weighted by Crippen LogP contribution is 2.15. The Bertz CT molecular complexity index is 209. The van der Waals surface area contributed by atoms with Crippen molar-refractivity contribution in [3.63, 3.8) is 0 Å². The number of hydrogen-bond acceptors (Lipinski definition) is 2. The van der Waals surface area contributed by atoms with Crippen LogP contribution in [-0.4, -0.2) is 12.1 Å². The zero-order chi connectivity index (χ0) is 13.1. The SMILES string of the molecule is C=CC(=O)OC(CCC)CCCCCC(C)C. The lowest BCUT2D eigenvalue weighted by atomic mass is 10.0. The predicted octanol–water partition coefficient (Wildman–Crippen LogP) is 4.49. The minimum atomic E-state index is -0.286. The second-order valence-corrected chi connectivity index (χ2v) is 5.08. The molecule has 0 aromatic heterocycles. The lowest BCUT2D eigenvalue weighted by Crippen LogP contribution is -2.16. The maximum atomic E-state index is 11.1. The summed E-state index contributed by atoms with van der Waals surface area (Å²) in [6, 6.07) is 0. The van der Waals surface area contributed by atoms with Crippen molar-refractivity contribution in [2.45, 2.75) is 71.8 Å². The van der Waals surface area contributed by atoms with Gasteiger partial charge in [-0.05, 0) is 25.2 Å². The Balaban J connectivity index is 3.69. The molecule has 0 aliphatic heterocycles. The van der Waals surface area contributed by atoms with Crippen LogP contribution in [0.3, 0.4) is 0 Å². The van der Waals surface area contributed by atoms with E-state index in [1.54, 1.807) is 0 Å². The minimum absolute atomic E-state index is 0.0875. The van der Waals surface area contributed by atoms with Gasteiger partial charge in [0.25, 0.3) is 0 Å². The van der Waals surface area contributed by atoms with Crippen LogP contribution in [0.5, 0.6) is 0 Å². The molecule has 0 aromatic rings. The van der Waals surface area contributed by atoms with Crippen LogP contribution in [-0.2, 0) is 9.53 Å². The van der Waals surface area contributed by atoms with Crippen LogP contribution >= 0.6 is 0 Å². The van der Waals surface area contributed by atoms with E-state index < -0.39 is 0 Å². The van der Waals surface area contributed by atoms with Gasteiger partial charge in [0.1, 0.15) is 6.10 Å². The van der Waals surface area contributed by atoms with E-state index in [-0.39, 0.29) is 12.1 Å². The molecule has 0 spiro atoms. The van der Waals surface area contributed by atoms with Crippen LogP contribution in [0.15, 0.2) is 12.7 Å². The van der Waals surface area contributed by atoms with Gasteiger partial charge >= 0.3 is 5.97 Å². The topological polar surface area (TPSA) is 26.3 Å². The van der Waals surface area contributed by atoms with Gasteiger partial charge in [-0.25, -0.2) is 4.79 Å². The lowest BCUT2D eigenvalue weighted by molar-refractivity contribution is -0.143. The van der Waals surface area contributed by atoms with Crippen molar-refractivity contribution < 1.29 is 9.53 Å². The Morgan fingerprint density at radius 2 is 1.82 bits per heavy atom. The van der Waals surface area contributed by atoms with Gasteiger partial charge in [-0.15, -0.1) is 0 Å². The summed E-state index contributed by atoms with van der Waals surface area (Å²) in [5.41, 5.74) is 0. The van der Waals surface area contributed by atoms with E-state index >= 15 is 0 Å². The molecule has 2 nitrogen and oxygen atoms in total. The van der Waals surface area contributed by atoms with Crippen LogP contribution in [0.25, 0.3) is 0 Å². The maximum Gasteiger partial charge on any atom is 0.330 e. The van der Waals surface area contributed by atoms with Crippen LogP contribution in [0, 0.1) is 5.92 Å². The number of carbonyl (C=O) groups is 1. The van der Waals surface area contributed by atoms with Crippen molar-refractivity contribution in [2.75, 3.05) is 0 Å². The Morgan fingerprint density at radius 1 is 1.18 bits per heavy atom. The third-order valence-corrected chi connectivity index (χ3v) is 2.87. The summed E-state index contributed by atoms with van der Waals surface area (Å²) >= 11 is 0. The zero-order valence-corrected chi connectivity index (χ0v) is 11.7. The maximum absolute atomic E-state index is 11.1. The lowest BCUT2D eigenvalue weighted by Gasteiger charge is -2.16. The van der Waals surface area contributed by atoms with Gasteiger partial charge < -0.3 is 4.74 Å². The molecule has 0 N–H and O–H groups in total. The highest BCUT2D eigenvalue weighted by atomic mass is 16.5.